The fourth-order valence-electron chi connectivity index (χ4n) is 0.934. The molecule has 1 saturated carbocycles. The molecule has 0 unspecified atom stereocenters. The first-order valence-corrected chi connectivity index (χ1v) is 4.01. The third-order valence-corrected chi connectivity index (χ3v) is 2.71. The van der Waals surface area contributed by atoms with Gasteiger partial charge in [-0.05, 0) is 32.7 Å². The number of allylic oxidation sites excluding steroid dienone is 3. The number of hydrogen-bond donors (Lipinski definition) is 0. The average Bonchev–Trinajstić information content (AvgIpc) is 2.49. The normalized spacial score (nSPS) is 29.2. The van der Waals surface area contributed by atoms with Gasteiger partial charge in [-0.25, -0.2) is 0 Å². The second-order valence-electron chi connectivity index (χ2n) is 2.34. The lowest BCUT2D eigenvalue weighted by atomic mass is 10.3. The van der Waals surface area contributed by atoms with E-state index in [4.69, 9.17) is 0 Å². The van der Waals surface area contributed by atoms with Crippen LogP contribution in [0.1, 0.15) is 12.8 Å². The molecule has 2 aliphatic rings. The molecule has 0 bridgehead atoms. The van der Waals surface area contributed by atoms with Crippen molar-refractivity contribution in [3.05, 3.63) is 23.3 Å². The van der Waals surface area contributed by atoms with Crippen LogP contribution in [0.5, 0.6) is 0 Å². The summed E-state index contributed by atoms with van der Waals surface area (Å²) in [5, 5.41) is 1.64. The van der Waals surface area contributed by atoms with Gasteiger partial charge in [0.15, 0.2) is 0 Å². The quantitative estimate of drug-likeness (QED) is 0.470. The number of hydrogen-bond acceptors (Lipinski definition) is 0. The molecule has 1 radical (unpaired) electrons. The van der Waals surface area contributed by atoms with Crippen LogP contribution < -0.4 is 0 Å². The molecule has 0 N–H and O–H groups in total. The van der Waals surface area contributed by atoms with Gasteiger partial charge in [0.1, 0.15) is 0 Å². The topological polar surface area (TPSA) is 0 Å². The highest BCUT2D eigenvalue weighted by Crippen LogP contribution is 2.47. The second-order valence-corrected chi connectivity index (χ2v) is 3.41. The number of rotatable bonds is 1. The van der Waals surface area contributed by atoms with Gasteiger partial charge in [-0.3, -0.25) is 0 Å². The van der Waals surface area contributed by atoms with E-state index in [1.807, 2.05) is 0 Å². The van der Waals surface area contributed by atoms with E-state index < -0.39 is 0 Å². The largest absolute Gasteiger partial charge is 0.0608 e. The van der Waals surface area contributed by atoms with E-state index in [9.17, 15) is 0 Å². The molecule has 0 amide bonds. The van der Waals surface area contributed by atoms with E-state index in [2.05, 4.69) is 18.0 Å². The Kier molecular flexibility index (Phi) is 1.01. The van der Waals surface area contributed by atoms with Gasteiger partial charge in [0.05, 0.1) is 0 Å². The minimum atomic E-state index is 0.978. The van der Waals surface area contributed by atoms with Crippen molar-refractivity contribution in [1.82, 2.24) is 0 Å². The molecule has 1 aliphatic carbocycles. The molecule has 41 valence electrons. The summed E-state index contributed by atoms with van der Waals surface area (Å²) >= 11 is 0. The van der Waals surface area contributed by atoms with Crippen LogP contribution in [0.15, 0.2) is 23.3 Å². The molecule has 2 rings (SSSR count). The summed E-state index contributed by atoms with van der Waals surface area (Å²) in [5.74, 6) is 3.19. The maximum absolute atomic E-state index is 2.26. The highest BCUT2D eigenvalue weighted by atomic mass is 31.1. The smallest absolute Gasteiger partial charge is 0.0151 e. The van der Waals surface area contributed by atoms with E-state index >= 15 is 0 Å². The minimum absolute atomic E-state index is 0.978. The van der Waals surface area contributed by atoms with Gasteiger partial charge in [0.25, 0.3) is 0 Å². The van der Waals surface area contributed by atoms with Crippen molar-refractivity contribution in [3.63, 3.8) is 0 Å². The fraction of sp³-hybridized carbons (Fsp3) is 0.429. The molecule has 0 aromatic rings. The third-order valence-electron chi connectivity index (χ3n) is 1.57. The molecule has 1 aliphatic heterocycles. The zero-order valence-electron chi connectivity index (χ0n) is 4.67. The van der Waals surface area contributed by atoms with Crippen molar-refractivity contribution in [2.75, 3.05) is 0 Å². The summed E-state index contributed by atoms with van der Waals surface area (Å²) in [5.41, 5.74) is 0. The highest BCUT2D eigenvalue weighted by Gasteiger charge is 2.25. The zero-order valence-corrected chi connectivity index (χ0v) is 5.57. The highest BCUT2D eigenvalue weighted by molar-refractivity contribution is 7.47. The summed E-state index contributed by atoms with van der Waals surface area (Å²) in [6.07, 6.45) is 7.31. The van der Waals surface area contributed by atoms with Gasteiger partial charge in [0, 0.05) is 0 Å². The van der Waals surface area contributed by atoms with Crippen LogP contribution >= 0.6 is 8.58 Å². The predicted octanol–water partition coefficient (Wildman–Crippen LogP) is 2.75. The Morgan fingerprint density at radius 1 is 1.50 bits per heavy atom. The maximum atomic E-state index is 2.26. The molecule has 0 spiro atoms. The van der Waals surface area contributed by atoms with Crippen LogP contribution in [0.3, 0.4) is 0 Å². The Labute approximate surface area is 51.5 Å². The van der Waals surface area contributed by atoms with Crippen LogP contribution in [-0.2, 0) is 0 Å². The van der Waals surface area contributed by atoms with Crippen LogP contribution in [0.25, 0.3) is 0 Å². The minimum Gasteiger partial charge on any atom is -0.0608 e. The van der Waals surface area contributed by atoms with E-state index in [0.29, 0.717) is 0 Å². The summed E-state index contributed by atoms with van der Waals surface area (Å²) in [4.78, 5) is 0. The van der Waals surface area contributed by atoms with Crippen molar-refractivity contribution in [3.8, 4) is 0 Å². The molecule has 8 heavy (non-hydrogen) atoms. The van der Waals surface area contributed by atoms with Gasteiger partial charge in [-0.1, -0.05) is 18.0 Å². The summed E-state index contributed by atoms with van der Waals surface area (Å²) in [7, 11) is 1.46. The van der Waals surface area contributed by atoms with E-state index in [-0.39, 0.29) is 0 Å². The van der Waals surface area contributed by atoms with E-state index in [0.717, 1.165) is 5.92 Å². The fourth-order valence-corrected chi connectivity index (χ4v) is 1.92. The van der Waals surface area contributed by atoms with Crippen molar-refractivity contribution >= 4 is 8.58 Å². The van der Waals surface area contributed by atoms with E-state index in [1.165, 1.54) is 21.4 Å². The standard InChI is InChI=1S/C7H8P/c1-2-7(8-5-1)6-3-4-6/h1-2,5-6H,3-4H2. The Balaban J connectivity index is 2.07. The zero-order chi connectivity index (χ0) is 5.40. The monoisotopic (exact) mass is 123 g/mol. The first-order chi connectivity index (χ1) is 3.97. The molecule has 1 fully saturated rings. The maximum Gasteiger partial charge on any atom is -0.0151 e. The Bertz CT molecular complexity index is 152. The first-order valence-electron chi connectivity index (χ1n) is 3.04. The second kappa shape index (κ2) is 1.70. The molecular formula is C7H8P. The van der Waals surface area contributed by atoms with Crippen molar-refractivity contribution in [2.45, 2.75) is 12.8 Å². The molecule has 0 saturated heterocycles. The molecule has 0 nitrogen and oxygen atoms in total. The van der Waals surface area contributed by atoms with Crippen LogP contribution in [0, 0.1) is 5.92 Å². The van der Waals surface area contributed by atoms with Crippen molar-refractivity contribution < 1.29 is 0 Å². The summed E-state index contributed by atoms with van der Waals surface area (Å²) in [6.45, 7) is 0. The molecule has 0 aromatic carbocycles. The molecule has 1 heteroatoms. The molecule has 0 aromatic heterocycles. The van der Waals surface area contributed by atoms with E-state index in [1.54, 1.807) is 5.31 Å². The van der Waals surface area contributed by atoms with Gasteiger partial charge < -0.3 is 0 Å². The Morgan fingerprint density at radius 2 is 2.38 bits per heavy atom. The van der Waals surface area contributed by atoms with Gasteiger partial charge >= 0.3 is 0 Å². The van der Waals surface area contributed by atoms with Crippen LogP contribution in [0.2, 0.25) is 0 Å². The Hall–Kier alpha value is -0.0900. The third kappa shape index (κ3) is 0.736. The van der Waals surface area contributed by atoms with Gasteiger partial charge in [0.2, 0.25) is 0 Å². The van der Waals surface area contributed by atoms with Crippen molar-refractivity contribution in [1.29, 1.82) is 0 Å². The van der Waals surface area contributed by atoms with Crippen LogP contribution in [0.4, 0.5) is 0 Å². The van der Waals surface area contributed by atoms with Gasteiger partial charge in [-0.15, -0.1) is 0 Å². The van der Waals surface area contributed by atoms with Gasteiger partial charge in [-0.2, -0.15) is 0 Å². The lowest BCUT2D eigenvalue weighted by molar-refractivity contribution is 1.10. The average molecular weight is 123 g/mol. The molecule has 0 atom stereocenters. The van der Waals surface area contributed by atoms with Crippen molar-refractivity contribution in [2.24, 2.45) is 5.92 Å². The SMILES string of the molecule is C1=C[P]C(C2CC2)=C1. The molecular weight excluding hydrogens is 115 g/mol. The summed E-state index contributed by atoms with van der Waals surface area (Å²) in [6, 6.07) is 0. The first kappa shape index (κ1) is 4.76. The predicted molar refractivity (Wildman–Crippen MR) is 36.9 cm³/mol. The Morgan fingerprint density at radius 3 is 2.88 bits per heavy atom. The lowest BCUT2D eigenvalue weighted by Gasteiger charge is -1.90. The molecule has 1 heterocycles. The lowest BCUT2D eigenvalue weighted by Crippen LogP contribution is -1.68. The van der Waals surface area contributed by atoms with Crippen LogP contribution in [-0.4, -0.2) is 0 Å². The summed E-state index contributed by atoms with van der Waals surface area (Å²) < 4.78 is 0.